The third kappa shape index (κ3) is 4.25. The molecule has 0 aliphatic rings. The second-order valence-electron chi connectivity index (χ2n) is 5.30. The highest BCUT2D eigenvalue weighted by atomic mass is 32.1. The minimum absolute atomic E-state index is 0.0799. The molecule has 0 aliphatic carbocycles. The second-order valence-corrected chi connectivity index (χ2v) is 6.64. The smallest absolute Gasteiger partial charge is 0.243 e. The Morgan fingerprint density at radius 3 is 3.04 bits per heavy atom. The standard InChI is InChI=1S/C16H18N4O3S2/c1-22-8-6-19(10-12-4-2-7-23-12)14(21)11-20-15(17-18-16(20)24)13-5-3-9-25-13/h2-5,7,9H,6,8,10-11H2,1H3,(H,18,24). The molecule has 0 unspecified atom stereocenters. The molecule has 9 heteroatoms. The Balaban J connectivity index is 1.79. The van der Waals surface area contributed by atoms with Gasteiger partial charge in [-0.1, -0.05) is 6.07 Å². The first-order valence-electron chi connectivity index (χ1n) is 7.67. The maximum atomic E-state index is 12.8. The van der Waals surface area contributed by atoms with E-state index in [-0.39, 0.29) is 12.5 Å². The summed E-state index contributed by atoms with van der Waals surface area (Å²) in [6.45, 7) is 1.40. The Morgan fingerprint density at radius 2 is 2.36 bits per heavy atom. The monoisotopic (exact) mass is 378 g/mol. The van der Waals surface area contributed by atoms with Crippen molar-refractivity contribution in [1.82, 2.24) is 19.7 Å². The predicted molar refractivity (Wildman–Crippen MR) is 96.7 cm³/mol. The first-order valence-corrected chi connectivity index (χ1v) is 8.96. The molecule has 0 aliphatic heterocycles. The highest BCUT2D eigenvalue weighted by Gasteiger charge is 2.19. The lowest BCUT2D eigenvalue weighted by Crippen LogP contribution is -2.36. The van der Waals surface area contributed by atoms with Gasteiger partial charge in [0.2, 0.25) is 5.91 Å². The van der Waals surface area contributed by atoms with Crippen LogP contribution in [0.4, 0.5) is 0 Å². The highest BCUT2D eigenvalue weighted by Crippen LogP contribution is 2.22. The van der Waals surface area contributed by atoms with Gasteiger partial charge in [0.1, 0.15) is 12.3 Å². The molecule has 132 valence electrons. The topological polar surface area (TPSA) is 76.3 Å². The number of nitrogens with zero attached hydrogens (tertiary/aromatic N) is 3. The van der Waals surface area contributed by atoms with E-state index in [1.165, 1.54) is 0 Å². The number of rotatable bonds is 8. The molecule has 25 heavy (non-hydrogen) atoms. The molecule has 3 aromatic heterocycles. The number of carbonyl (C=O) groups excluding carboxylic acids is 1. The number of furan rings is 1. The zero-order valence-corrected chi connectivity index (χ0v) is 15.3. The van der Waals surface area contributed by atoms with E-state index in [0.717, 1.165) is 10.6 Å². The van der Waals surface area contributed by atoms with Crippen molar-refractivity contribution in [3.63, 3.8) is 0 Å². The lowest BCUT2D eigenvalue weighted by atomic mass is 10.3. The van der Waals surface area contributed by atoms with Gasteiger partial charge in [-0.3, -0.25) is 14.5 Å². The van der Waals surface area contributed by atoms with Crippen LogP contribution in [-0.4, -0.2) is 45.8 Å². The van der Waals surface area contributed by atoms with Crippen molar-refractivity contribution in [2.75, 3.05) is 20.3 Å². The Kier molecular flexibility index (Phi) is 5.79. The van der Waals surface area contributed by atoms with Gasteiger partial charge >= 0.3 is 0 Å². The predicted octanol–water partition coefficient (Wildman–Crippen LogP) is 2.94. The lowest BCUT2D eigenvalue weighted by molar-refractivity contribution is -0.133. The van der Waals surface area contributed by atoms with E-state index in [4.69, 9.17) is 21.4 Å². The average molecular weight is 378 g/mol. The van der Waals surface area contributed by atoms with E-state index in [9.17, 15) is 4.79 Å². The molecule has 0 fully saturated rings. The van der Waals surface area contributed by atoms with Crippen molar-refractivity contribution < 1.29 is 13.9 Å². The molecule has 0 spiro atoms. The Hall–Kier alpha value is -2.23. The number of thiophene rings is 1. The molecule has 3 aromatic rings. The SMILES string of the molecule is COCCN(Cc1ccco1)C(=O)Cn1c(-c2cccs2)n[nH]c1=S. The molecule has 0 atom stereocenters. The van der Waals surface area contributed by atoms with Crippen LogP contribution in [0.15, 0.2) is 40.3 Å². The van der Waals surface area contributed by atoms with Gasteiger partial charge in [-0.25, -0.2) is 0 Å². The minimum Gasteiger partial charge on any atom is -0.467 e. The van der Waals surface area contributed by atoms with Gasteiger partial charge in [-0.15, -0.1) is 11.3 Å². The summed E-state index contributed by atoms with van der Waals surface area (Å²) in [6, 6.07) is 7.52. The molecule has 0 saturated heterocycles. The molecule has 0 radical (unpaired) electrons. The fourth-order valence-electron chi connectivity index (χ4n) is 2.38. The quantitative estimate of drug-likeness (QED) is 0.610. The lowest BCUT2D eigenvalue weighted by Gasteiger charge is -2.21. The number of ether oxygens (including phenoxy) is 1. The molecular formula is C16H18N4O3S2. The van der Waals surface area contributed by atoms with Crippen molar-refractivity contribution in [2.45, 2.75) is 13.1 Å². The fraction of sp³-hybridized carbons (Fsp3) is 0.312. The number of aromatic amines is 1. The number of hydrogen-bond acceptors (Lipinski definition) is 6. The maximum absolute atomic E-state index is 12.8. The van der Waals surface area contributed by atoms with E-state index in [1.807, 2.05) is 23.6 Å². The Morgan fingerprint density at radius 1 is 1.48 bits per heavy atom. The summed E-state index contributed by atoms with van der Waals surface area (Å²) >= 11 is 6.84. The van der Waals surface area contributed by atoms with Crippen LogP contribution in [0.5, 0.6) is 0 Å². The van der Waals surface area contributed by atoms with E-state index in [0.29, 0.717) is 30.3 Å². The molecule has 0 aromatic carbocycles. The summed E-state index contributed by atoms with van der Waals surface area (Å²) in [4.78, 5) is 15.5. The first kappa shape index (κ1) is 17.6. The first-order chi connectivity index (χ1) is 12.2. The molecule has 7 nitrogen and oxygen atoms in total. The molecule has 1 amide bonds. The van der Waals surface area contributed by atoms with Gasteiger partial charge in [-0.2, -0.15) is 5.10 Å². The van der Waals surface area contributed by atoms with Crippen LogP contribution in [0.3, 0.4) is 0 Å². The molecule has 3 heterocycles. The van der Waals surface area contributed by atoms with Crippen LogP contribution in [-0.2, 0) is 22.6 Å². The van der Waals surface area contributed by atoms with Crippen molar-refractivity contribution in [3.05, 3.63) is 46.4 Å². The van der Waals surface area contributed by atoms with Gasteiger partial charge < -0.3 is 14.1 Å². The summed E-state index contributed by atoms with van der Waals surface area (Å²) in [5.74, 6) is 1.31. The third-order valence-corrected chi connectivity index (χ3v) is 4.82. The fourth-order valence-corrected chi connectivity index (χ4v) is 3.30. The normalized spacial score (nSPS) is 10.9. The number of H-pyrrole nitrogens is 1. The Labute approximate surface area is 153 Å². The number of amides is 1. The van der Waals surface area contributed by atoms with Crippen LogP contribution in [0.25, 0.3) is 10.7 Å². The minimum atomic E-state index is -0.0799. The summed E-state index contributed by atoms with van der Waals surface area (Å²) in [5.41, 5.74) is 0. The molecule has 0 bridgehead atoms. The summed E-state index contributed by atoms with van der Waals surface area (Å²) in [5, 5.41) is 8.98. The van der Waals surface area contributed by atoms with Crippen molar-refractivity contribution in [3.8, 4) is 10.7 Å². The molecule has 3 rings (SSSR count). The third-order valence-electron chi connectivity index (χ3n) is 3.64. The van der Waals surface area contributed by atoms with Gasteiger partial charge in [0, 0.05) is 13.7 Å². The number of nitrogens with one attached hydrogen (secondary N) is 1. The van der Waals surface area contributed by atoms with Crippen molar-refractivity contribution in [2.24, 2.45) is 0 Å². The second kappa shape index (κ2) is 8.24. The van der Waals surface area contributed by atoms with Gasteiger partial charge in [-0.05, 0) is 35.8 Å². The number of carbonyl (C=O) groups is 1. The van der Waals surface area contributed by atoms with E-state index < -0.39 is 0 Å². The largest absolute Gasteiger partial charge is 0.467 e. The van der Waals surface area contributed by atoms with Crippen LogP contribution < -0.4 is 0 Å². The number of methoxy groups -OCH3 is 1. The number of hydrogen-bond donors (Lipinski definition) is 1. The van der Waals surface area contributed by atoms with Crippen LogP contribution in [0, 0.1) is 4.77 Å². The number of aromatic nitrogens is 3. The average Bonchev–Trinajstić information content (AvgIpc) is 3.34. The zero-order valence-electron chi connectivity index (χ0n) is 13.7. The van der Waals surface area contributed by atoms with Crippen molar-refractivity contribution in [1.29, 1.82) is 0 Å². The van der Waals surface area contributed by atoms with Crippen LogP contribution in [0.2, 0.25) is 0 Å². The van der Waals surface area contributed by atoms with Gasteiger partial charge in [0.15, 0.2) is 10.6 Å². The Bertz CT molecular complexity index is 852. The zero-order chi connectivity index (χ0) is 17.6. The van der Waals surface area contributed by atoms with E-state index in [1.54, 1.807) is 40.2 Å². The van der Waals surface area contributed by atoms with E-state index in [2.05, 4.69) is 10.2 Å². The highest BCUT2D eigenvalue weighted by molar-refractivity contribution is 7.71. The van der Waals surface area contributed by atoms with E-state index >= 15 is 0 Å². The van der Waals surface area contributed by atoms with Crippen molar-refractivity contribution >= 4 is 29.5 Å². The van der Waals surface area contributed by atoms with Gasteiger partial charge in [0.25, 0.3) is 0 Å². The maximum Gasteiger partial charge on any atom is 0.243 e. The molecular weight excluding hydrogens is 360 g/mol. The summed E-state index contributed by atoms with van der Waals surface area (Å²) in [6.07, 6.45) is 1.59. The van der Waals surface area contributed by atoms with Crippen LogP contribution >= 0.6 is 23.6 Å². The molecule has 1 N–H and O–H groups in total. The summed E-state index contributed by atoms with van der Waals surface area (Å²) < 4.78 is 12.6. The van der Waals surface area contributed by atoms with Gasteiger partial charge in [0.05, 0.1) is 24.3 Å². The summed E-state index contributed by atoms with van der Waals surface area (Å²) in [7, 11) is 1.61. The van der Waals surface area contributed by atoms with Crippen LogP contribution in [0.1, 0.15) is 5.76 Å². The molecule has 0 saturated carbocycles.